The molecule has 144 valence electrons. The second-order valence-corrected chi connectivity index (χ2v) is 9.15. The van der Waals surface area contributed by atoms with Gasteiger partial charge in [-0.05, 0) is 43.2 Å². The largest absolute Gasteiger partial charge is 0.354 e. The van der Waals surface area contributed by atoms with E-state index in [0.29, 0.717) is 29.7 Å². The Morgan fingerprint density at radius 2 is 1.88 bits per heavy atom. The lowest BCUT2D eigenvalue weighted by atomic mass is 10.0. The third-order valence-electron chi connectivity index (χ3n) is 4.70. The Labute approximate surface area is 162 Å². The highest BCUT2D eigenvalue weighted by atomic mass is 32.2. The molecule has 2 unspecified atom stereocenters. The van der Waals surface area contributed by atoms with Gasteiger partial charge in [-0.25, -0.2) is 0 Å². The Kier molecular flexibility index (Phi) is 7.56. The normalized spacial score (nSPS) is 20.0. The zero-order valence-electron chi connectivity index (χ0n) is 16.6. The fraction of sp³-hybridized carbons (Fsp3) is 0.619. The number of aryl methyl sites for hydroxylation is 1. The van der Waals surface area contributed by atoms with Crippen molar-refractivity contribution in [2.24, 2.45) is 11.8 Å². The smallest absolute Gasteiger partial charge is 0.255 e. The Morgan fingerprint density at radius 3 is 2.50 bits per heavy atom. The van der Waals surface area contributed by atoms with Crippen LogP contribution in [0.2, 0.25) is 0 Å². The molecule has 0 bridgehead atoms. The molecular weight excluding hydrogens is 344 g/mol. The number of nitrogens with one attached hydrogen (secondary N) is 1. The average Bonchev–Trinajstić information content (AvgIpc) is 2.97. The summed E-state index contributed by atoms with van der Waals surface area (Å²) in [4.78, 5) is 27.9. The Morgan fingerprint density at radius 1 is 1.19 bits per heavy atom. The van der Waals surface area contributed by atoms with Gasteiger partial charge in [-0.3, -0.25) is 9.59 Å². The molecule has 1 aliphatic rings. The molecule has 0 aromatic heterocycles. The summed E-state index contributed by atoms with van der Waals surface area (Å²) in [5.41, 5.74) is 1.65. The van der Waals surface area contributed by atoms with Gasteiger partial charge in [-0.2, -0.15) is 0 Å². The van der Waals surface area contributed by atoms with Crippen molar-refractivity contribution >= 4 is 23.6 Å². The number of rotatable bonds is 7. The number of hydrogen-bond acceptors (Lipinski definition) is 3. The van der Waals surface area contributed by atoms with Crippen LogP contribution in [-0.2, 0) is 4.79 Å². The zero-order valence-corrected chi connectivity index (χ0v) is 17.4. The maximum Gasteiger partial charge on any atom is 0.255 e. The van der Waals surface area contributed by atoms with Crippen molar-refractivity contribution in [1.82, 2.24) is 10.2 Å². The monoisotopic (exact) mass is 376 g/mol. The molecule has 5 heteroatoms. The van der Waals surface area contributed by atoms with E-state index in [2.05, 4.69) is 33.0 Å². The maximum atomic E-state index is 13.3. The van der Waals surface area contributed by atoms with Gasteiger partial charge >= 0.3 is 0 Å². The lowest BCUT2D eigenvalue weighted by molar-refractivity contribution is -0.124. The van der Waals surface area contributed by atoms with Gasteiger partial charge in [0, 0.05) is 17.9 Å². The highest BCUT2D eigenvalue weighted by Gasteiger charge is 2.42. The summed E-state index contributed by atoms with van der Waals surface area (Å²) >= 11 is 1.73. The van der Waals surface area contributed by atoms with E-state index >= 15 is 0 Å². The summed E-state index contributed by atoms with van der Waals surface area (Å²) < 4.78 is 0. The molecule has 1 fully saturated rings. The quantitative estimate of drug-likeness (QED) is 0.780. The van der Waals surface area contributed by atoms with Crippen LogP contribution in [-0.4, -0.2) is 40.4 Å². The number of amides is 2. The molecule has 0 saturated carbocycles. The minimum Gasteiger partial charge on any atom is -0.354 e. The molecule has 2 rings (SSSR count). The molecule has 1 heterocycles. The van der Waals surface area contributed by atoms with E-state index in [-0.39, 0.29) is 23.2 Å². The fourth-order valence-corrected chi connectivity index (χ4v) is 4.82. The minimum absolute atomic E-state index is 0.0219. The fourth-order valence-electron chi connectivity index (χ4n) is 3.18. The first-order valence-corrected chi connectivity index (χ1v) is 10.6. The summed E-state index contributed by atoms with van der Waals surface area (Å²) in [6.45, 7) is 11.2. The SMILES string of the molecule is Cc1ccccc1C(=O)N1C(CC(C)C)SCC1C(=O)NCCC(C)C. The summed E-state index contributed by atoms with van der Waals surface area (Å²) in [7, 11) is 0. The van der Waals surface area contributed by atoms with Crippen LogP contribution in [0.25, 0.3) is 0 Å². The Hall–Kier alpha value is -1.49. The van der Waals surface area contributed by atoms with E-state index in [1.165, 1.54) is 0 Å². The number of nitrogens with zero attached hydrogens (tertiary/aromatic N) is 1. The topological polar surface area (TPSA) is 49.4 Å². The molecule has 4 nitrogen and oxygen atoms in total. The molecule has 0 radical (unpaired) electrons. The molecule has 1 aromatic carbocycles. The molecule has 2 atom stereocenters. The number of thioether (sulfide) groups is 1. The number of carbonyl (C=O) groups excluding carboxylic acids is 2. The first-order valence-electron chi connectivity index (χ1n) is 9.58. The van der Waals surface area contributed by atoms with Crippen molar-refractivity contribution in [2.45, 2.75) is 58.9 Å². The molecule has 26 heavy (non-hydrogen) atoms. The third-order valence-corrected chi connectivity index (χ3v) is 6.01. The van der Waals surface area contributed by atoms with Crippen LogP contribution in [0.1, 0.15) is 56.5 Å². The van der Waals surface area contributed by atoms with Crippen molar-refractivity contribution in [3.8, 4) is 0 Å². The number of carbonyl (C=O) groups is 2. The first kappa shape index (κ1) is 20.8. The van der Waals surface area contributed by atoms with Crippen LogP contribution in [0.5, 0.6) is 0 Å². The van der Waals surface area contributed by atoms with Gasteiger partial charge in [-0.1, -0.05) is 45.9 Å². The molecule has 1 aliphatic heterocycles. The molecule has 0 spiro atoms. The molecule has 1 saturated heterocycles. The standard InChI is InChI=1S/C21H32N2O2S/c1-14(2)10-11-22-20(24)18-13-26-19(12-15(3)4)23(18)21(25)17-9-7-6-8-16(17)5/h6-9,14-15,18-19H,10-13H2,1-5H3,(H,22,24). The van der Waals surface area contributed by atoms with Crippen LogP contribution in [0, 0.1) is 18.8 Å². The highest BCUT2D eigenvalue weighted by molar-refractivity contribution is 8.00. The van der Waals surface area contributed by atoms with E-state index < -0.39 is 0 Å². The van der Waals surface area contributed by atoms with E-state index in [0.717, 1.165) is 18.4 Å². The molecule has 1 N–H and O–H groups in total. The van der Waals surface area contributed by atoms with Gasteiger partial charge in [0.25, 0.3) is 5.91 Å². The first-order chi connectivity index (χ1) is 12.3. The Bertz CT molecular complexity index is 630. The van der Waals surface area contributed by atoms with Gasteiger partial charge in [0.05, 0.1) is 5.37 Å². The van der Waals surface area contributed by atoms with E-state index in [9.17, 15) is 9.59 Å². The molecule has 1 aromatic rings. The number of hydrogen-bond donors (Lipinski definition) is 1. The van der Waals surface area contributed by atoms with Crippen molar-refractivity contribution < 1.29 is 9.59 Å². The predicted octanol–water partition coefficient (Wildman–Crippen LogP) is 4.09. The minimum atomic E-state index is -0.386. The second kappa shape index (κ2) is 9.45. The van der Waals surface area contributed by atoms with Crippen LogP contribution in [0.3, 0.4) is 0 Å². The van der Waals surface area contributed by atoms with E-state index in [1.54, 1.807) is 11.8 Å². The van der Waals surface area contributed by atoms with Crippen LogP contribution in [0.4, 0.5) is 0 Å². The highest BCUT2D eigenvalue weighted by Crippen LogP contribution is 2.35. The summed E-state index contributed by atoms with van der Waals surface area (Å²) in [5.74, 6) is 1.64. The van der Waals surface area contributed by atoms with Gasteiger partial charge in [0.2, 0.25) is 5.91 Å². The van der Waals surface area contributed by atoms with Crippen LogP contribution < -0.4 is 5.32 Å². The molecule has 2 amide bonds. The van der Waals surface area contributed by atoms with Crippen LogP contribution >= 0.6 is 11.8 Å². The molecule has 0 aliphatic carbocycles. The van der Waals surface area contributed by atoms with Crippen molar-refractivity contribution in [3.05, 3.63) is 35.4 Å². The lowest BCUT2D eigenvalue weighted by Gasteiger charge is -2.30. The van der Waals surface area contributed by atoms with Crippen molar-refractivity contribution in [2.75, 3.05) is 12.3 Å². The van der Waals surface area contributed by atoms with Gasteiger partial charge in [0.15, 0.2) is 0 Å². The van der Waals surface area contributed by atoms with E-state index in [4.69, 9.17) is 0 Å². The average molecular weight is 377 g/mol. The van der Waals surface area contributed by atoms with Gasteiger partial charge < -0.3 is 10.2 Å². The zero-order chi connectivity index (χ0) is 19.3. The Balaban J connectivity index is 2.20. The van der Waals surface area contributed by atoms with Gasteiger partial charge in [0.1, 0.15) is 6.04 Å². The maximum absolute atomic E-state index is 13.3. The summed E-state index contributed by atoms with van der Waals surface area (Å²) in [5, 5.41) is 3.09. The summed E-state index contributed by atoms with van der Waals surface area (Å²) in [6.07, 6.45) is 1.85. The van der Waals surface area contributed by atoms with Crippen LogP contribution in [0.15, 0.2) is 24.3 Å². The number of benzene rings is 1. The van der Waals surface area contributed by atoms with Crippen molar-refractivity contribution in [1.29, 1.82) is 0 Å². The van der Waals surface area contributed by atoms with Gasteiger partial charge in [-0.15, -0.1) is 11.8 Å². The lowest BCUT2D eigenvalue weighted by Crippen LogP contribution is -2.50. The predicted molar refractivity (Wildman–Crippen MR) is 109 cm³/mol. The van der Waals surface area contributed by atoms with Crippen molar-refractivity contribution in [3.63, 3.8) is 0 Å². The van der Waals surface area contributed by atoms with E-state index in [1.807, 2.05) is 36.1 Å². The second-order valence-electron chi connectivity index (χ2n) is 7.93. The summed E-state index contributed by atoms with van der Waals surface area (Å²) in [6, 6.07) is 7.25. The molecular formula is C21H32N2O2S. The third kappa shape index (κ3) is 5.26.